The monoisotopic (exact) mass is 283 g/mol. The molecule has 0 aliphatic heterocycles. The van der Waals surface area contributed by atoms with Crippen LogP contribution in [0.2, 0.25) is 0 Å². The summed E-state index contributed by atoms with van der Waals surface area (Å²) in [5.41, 5.74) is 9.61. The Labute approximate surface area is 125 Å². The van der Waals surface area contributed by atoms with Crippen molar-refractivity contribution in [2.24, 2.45) is 5.73 Å². The largest absolute Gasteiger partial charge is 0.323 e. The van der Waals surface area contributed by atoms with E-state index < -0.39 is 6.04 Å². The van der Waals surface area contributed by atoms with Crippen molar-refractivity contribution in [3.05, 3.63) is 59.4 Å². The van der Waals surface area contributed by atoms with Crippen molar-refractivity contribution >= 4 is 11.6 Å². The summed E-state index contributed by atoms with van der Waals surface area (Å²) in [4.78, 5) is 16.4. The number of carbonyl (C=O) groups excluding carboxylic acids is 1. The Hall–Kier alpha value is -2.20. The van der Waals surface area contributed by atoms with E-state index in [9.17, 15) is 4.79 Å². The highest BCUT2D eigenvalue weighted by atomic mass is 16.2. The lowest BCUT2D eigenvalue weighted by Gasteiger charge is -2.13. The maximum atomic E-state index is 12.1. The van der Waals surface area contributed by atoms with Gasteiger partial charge < -0.3 is 11.1 Å². The summed E-state index contributed by atoms with van der Waals surface area (Å²) in [5.74, 6) is -0.167. The van der Waals surface area contributed by atoms with Crippen LogP contribution in [-0.4, -0.2) is 16.9 Å². The molecule has 2 rings (SSSR count). The van der Waals surface area contributed by atoms with Crippen LogP contribution in [0.4, 0.5) is 5.69 Å². The number of rotatable bonds is 5. The summed E-state index contributed by atoms with van der Waals surface area (Å²) >= 11 is 0. The van der Waals surface area contributed by atoms with E-state index in [4.69, 9.17) is 5.73 Å². The van der Waals surface area contributed by atoms with E-state index in [1.807, 2.05) is 56.3 Å². The van der Waals surface area contributed by atoms with Crippen molar-refractivity contribution in [1.29, 1.82) is 0 Å². The van der Waals surface area contributed by atoms with Gasteiger partial charge >= 0.3 is 0 Å². The van der Waals surface area contributed by atoms with Gasteiger partial charge in [-0.2, -0.15) is 0 Å². The predicted octanol–water partition coefficient (Wildman–Crippen LogP) is 2.60. The van der Waals surface area contributed by atoms with Gasteiger partial charge in [-0.3, -0.25) is 9.78 Å². The first-order valence-electron chi connectivity index (χ1n) is 7.11. The minimum atomic E-state index is -0.522. The highest BCUT2D eigenvalue weighted by Gasteiger charge is 2.14. The maximum absolute atomic E-state index is 12.1. The molecule has 2 aromatic rings. The van der Waals surface area contributed by atoms with Gasteiger partial charge in [0.15, 0.2) is 0 Å². The Morgan fingerprint density at radius 2 is 1.90 bits per heavy atom. The number of anilines is 1. The van der Waals surface area contributed by atoms with Crippen LogP contribution in [0.25, 0.3) is 0 Å². The Morgan fingerprint density at radius 3 is 2.57 bits per heavy atom. The average Bonchev–Trinajstić information content (AvgIpc) is 2.48. The lowest BCUT2D eigenvalue weighted by atomic mass is 10.1. The van der Waals surface area contributed by atoms with Gasteiger partial charge in [-0.25, -0.2) is 0 Å². The Morgan fingerprint density at radius 1 is 1.19 bits per heavy atom. The SMILES string of the molecule is Cc1ccc(NC(=O)[C@@H](N)CCc2ccccc2)c(C)n1. The lowest BCUT2D eigenvalue weighted by molar-refractivity contribution is -0.117. The van der Waals surface area contributed by atoms with Crippen LogP contribution in [0, 0.1) is 13.8 Å². The average molecular weight is 283 g/mol. The molecule has 3 N–H and O–H groups in total. The van der Waals surface area contributed by atoms with Crippen LogP contribution >= 0.6 is 0 Å². The van der Waals surface area contributed by atoms with Gasteiger partial charge in [0.25, 0.3) is 0 Å². The Balaban J connectivity index is 1.90. The molecule has 1 amide bonds. The zero-order chi connectivity index (χ0) is 15.2. The quantitative estimate of drug-likeness (QED) is 0.886. The third kappa shape index (κ3) is 4.39. The summed E-state index contributed by atoms with van der Waals surface area (Å²) < 4.78 is 0. The number of amides is 1. The van der Waals surface area contributed by atoms with Gasteiger partial charge in [0.1, 0.15) is 0 Å². The molecule has 1 heterocycles. The van der Waals surface area contributed by atoms with E-state index in [0.29, 0.717) is 6.42 Å². The Bertz CT molecular complexity index is 611. The summed E-state index contributed by atoms with van der Waals surface area (Å²) in [6.45, 7) is 3.79. The third-order valence-corrected chi connectivity index (χ3v) is 3.41. The van der Waals surface area contributed by atoms with Crippen LogP contribution in [0.1, 0.15) is 23.4 Å². The van der Waals surface area contributed by atoms with E-state index in [1.54, 1.807) is 0 Å². The number of carbonyl (C=O) groups is 1. The standard InChI is InChI=1S/C17H21N3O/c1-12-8-11-16(13(2)19-12)20-17(21)15(18)10-9-14-6-4-3-5-7-14/h3-8,11,15H,9-10,18H2,1-2H3,(H,20,21)/t15-/m0/s1. The molecule has 0 aliphatic carbocycles. The number of hydrogen-bond donors (Lipinski definition) is 2. The number of pyridine rings is 1. The number of hydrogen-bond acceptors (Lipinski definition) is 3. The van der Waals surface area contributed by atoms with Gasteiger partial charge in [-0.1, -0.05) is 30.3 Å². The molecule has 0 fully saturated rings. The number of nitrogens with zero attached hydrogens (tertiary/aromatic N) is 1. The number of aryl methyl sites for hydroxylation is 3. The first kappa shape index (κ1) is 15.2. The zero-order valence-corrected chi connectivity index (χ0v) is 12.5. The molecule has 0 aliphatic rings. The third-order valence-electron chi connectivity index (χ3n) is 3.41. The normalized spacial score (nSPS) is 12.0. The van der Waals surface area contributed by atoms with Crippen molar-refractivity contribution < 1.29 is 4.79 Å². The number of nitrogens with two attached hydrogens (primary N) is 1. The smallest absolute Gasteiger partial charge is 0.241 e. The summed E-state index contributed by atoms with van der Waals surface area (Å²) in [7, 11) is 0. The van der Waals surface area contributed by atoms with Crippen LogP contribution in [0.5, 0.6) is 0 Å². The molecule has 110 valence electrons. The van der Waals surface area contributed by atoms with Crippen LogP contribution in [0.3, 0.4) is 0 Å². The molecular weight excluding hydrogens is 262 g/mol. The zero-order valence-electron chi connectivity index (χ0n) is 12.5. The van der Waals surface area contributed by atoms with E-state index in [2.05, 4.69) is 10.3 Å². The molecule has 0 radical (unpaired) electrons. The highest BCUT2D eigenvalue weighted by molar-refractivity contribution is 5.95. The van der Waals surface area contributed by atoms with Gasteiger partial charge in [0, 0.05) is 5.69 Å². The first-order chi connectivity index (χ1) is 10.1. The molecule has 0 saturated heterocycles. The number of benzene rings is 1. The second kappa shape index (κ2) is 6.99. The van der Waals surface area contributed by atoms with Gasteiger partial charge in [-0.05, 0) is 44.4 Å². The minimum absolute atomic E-state index is 0.167. The topological polar surface area (TPSA) is 68.0 Å². The highest BCUT2D eigenvalue weighted by Crippen LogP contribution is 2.13. The number of nitrogens with one attached hydrogen (secondary N) is 1. The van der Waals surface area contributed by atoms with Crippen LogP contribution in [-0.2, 0) is 11.2 Å². The first-order valence-corrected chi connectivity index (χ1v) is 7.11. The van der Waals surface area contributed by atoms with Crippen LogP contribution in [0.15, 0.2) is 42.5 Å². The Kier molecular flexibility index (Phi) is 5.06. The predicted molar refractivity (Wildman–Crippen MR) is 85.1 cm³/mol. The maximum Gasteiger partial charge on any atom is 0.241 e. The van der Waals surface area contributed by atoms with Gasteiger partial charge in [0.05, 0.1) is 17.4 Å². The molecule has 1 aromatic heterocycles. The molecule has 0 spiro atoms. The molecular formula is C17H21N3O. The van der Waals surface area contributed by atoms with Gasteiger partial charge in [-0.15, -0.1) is 0 Å². The van der Waals surface area contributed by atoms with E-state index in [0.717, 1.165) is 23.5 Å². The van der Waals surface area contributed by atoms with Gasteiger partial charge in [0.2, 0.25) is 5.91 Å². The fraction of sp³-hybridized carbons (Fsp3) is 0.294. The molecule has 21 heavy (non-hydrogen) atoms. The van der Waals surface area contributed by atoms with Crippen molar-refractivity contribution in [3.8, 4) is 0 Å². The molecule has 4 heteroatoms. The lowest BCUT2D eigenvalue weighted by Crippen LogP contribution is -2.36. The van der Waals surface area contributed by atoms with Crippen molar-refractivity contribution in [1.82, 2.24) is 4.98 Å². The van der Waals surface area contributed by atoms with Crippen molar-refractivity contribution in [3.63, 3.8) is 0 Å². The van der Waals surface area contributed by atoms with Crippen molar-refractivity contribution in [2.75, 3.05) is 5.32 Å². The molecule has 0 saturated carbocycles. The van der Waals surface area contributed by atoms with E-state index in [1.165, 1.54) is 5.56 Å². The number of aromatic nitrogens is 1. The molecule has 1 atom stereocenters. The van der Waals surface area contributed by atoms with E-state index >= 15 is 0 Å². The second-order valence-electron chi connectivity index (χ2n) is 5.21. The fourth-order valence-electron chi connectivity index (χ4n) is 2.14. The summed E-state index contributed by atoms with van der Waals surface area (Å²) in [6, 6.07) is 13.2. The molecule has 0 unspecified atom stereocenters. The molecule has 1 aromatic carbocycles. The summed E-state index contributed by atoms with van der Waals surface area (Å²) in [6.07, 6.45) is 1.41. The van der Waals surface area contributed by atoms with Crippen LogP contribution < -0.4 is 11.1 Å². The summed E-state index contributed by atoms with van der Waals surface area (Å²) in [5, 5.41) is 2.85. The second-order valence-corrected chi connectivity index (χ2v) is 5.21. The van der Waals surface area contributed by atoms with E-state index in [-0.39, 0.29) is 5.91 Å². The van der Waals surface area contributed by atoms with Crippen molar-refractivity contribution in [2.45, 2.75) is 32.7 Å². The minimum Gasteiger partial charge on any atom is -0.323 e. The molecule has 4 nitrogen and oxygen atoms in total. The molecule has 0 bridgehead atoms. The fourth-order valence-corrected chi connectivity index (χ4v) is 2.14.